The smallest absolute Gasteiger partial charge is 0.266 e. The summed E-state index contributed by atoms with van der Waals surface area (Å²) in [7, 11) is 0. The van der Waals surface area contributed by atoms with Gasteiger partial charge in [-0.25, -0.2) is 0 Å². The third kappa shape index (κ3) is 3.00. The lowest BCUT2D eigenvalue weighted by atomic mass is 9.93. The second-order valence-corrected chi connectivity index (χ2v) is 6.06. The lowest BCUT2D eigenvalue weighted by Crippen LogP contribution is -2.32. The maximum Gasteiger partial charge on any atom is 0.266 e. The van der Waals surface area contributed by atoms with Gasteiger partial charge in [-0.2, -0.15) is 0 Å². The molecule has 0 unspecified atom stereocenters. The van der Waals surface area contributed by atoms with E-state index in [0.29, 0.717) is 5.92 Å². The molecular weight excluding hydrogens is 214 g/mol. The summed E-state index contributed by atoms with van der Waals surface area (Å²) in [5, 5.41) is 6.60. The molecule has 2 heterocycles. The Balaban J connectivity index is 2.10. The van der Waals surface area contributed by atoms with Gasteiger partial charge in [0, 0.05) is 23.7 Å². The molecule has 0 aliphatic carbocycles. The van der Waals surface area contributed by atoms with Crippen molar-refractivity contribution in [3.8, 4) is 0 Å². The van der Waals surface area contributed by atoms with Crippen LogP contribution in [0.4, 0.5) is 0 Å². The van der Waals surface area contributed by atoms with Gasteiger partial charge in [0.2, 0.25) is 0 Å². The fraction of sp³-hybridized carbons (Fsp3) is 0.769. The Morgan fingerprint density at radius 3 is 2.53 bits per heavy atom. The van der Waals surface area contributed by atoms with Crippen LogP contribution >= 0.6 is 0 Å². The van der Waals surface area contributed by atoms with E-state index in [1.165, 1.54) is 0 Å². The Morgan fingerprint density at radius 1 is 1.35 bits per heavy atom. The number of hydrogen-bond donors (Lipinski definition) is 2. The quantitative estimate of drug-likeness (QED) is 0.818. The first-order chi connectivity index (χ1) is 7.97. The van der Waals surface area contributed by atoms with Gasteiger partial charge >= 0.3 is 0 Å². The van der Waals surface area contributed by atoms with Crippen molar-refractivity contribution in [2.24, 2.45) is 5.92 Å². The molecule has 4 heteroatoms. The zero-order chi connectivity index (χ0) is 12.5. The zero-order valence-electron chi connectivity index (χ0n) is 11.0. The van der Waals surface area contributed by atoms with Gasteiger partial charge < -0.3 is 5.32 Å². The molecule has 0 spiro atoms. The van der Waals surface area contributed by atoms with Crippen LogP contribution in [0.5, 0.6) is 0 Å². The van der Waals surface area contributed by atoms with E-state index in [9.17, 15) is 4.79 Å². The average molecular weight is 237 g/mol. The molecule has 0 saturated carbocycles. The van der Waals surface area contributed by atoms with Crippen LogP contribution in [0.2, 0.25) is 0 Å². The van der Waals surface area contributed by atoms with Gasteiger partial charge in [-0.3, -0.25) is 14.6 Å². The summed E-state index contributed by atoms with van der Waals surface area (Å²) in [6, 6.07) is 1.74. The van der Waals surface area contributed by atoms with E-state index in [4.69, 9.17) is 0 Å². The molecule has 1 saturated heterocycles. The largest absolute Gasteiger partial charge is 0.317 e. The lowest BCUT2D eigenvalue weighted by Gasteiger charge is -2.22. The maximum atomic E-state index is 11.9. The number of rotatable bonds is 2. The van der Waals surface area contributed by atoms with Gasteiger partial charge in [-0.05, 0) is 31.8 Å². The van der Waals surface area contributed by atoms with Crippen molar-refractivity contribution >= 4 is 0 Å². The molecule has 4 nitrogen and oxygen atoms in total. The van der Waals surface area contributed by atoms with Crippen LogP contribution < -0.4 is 10.9 Å². The highest BCUT2D eigenvalue weighted by Gasteiger charge is 2.19. The molecular formula is C13H23N3O. The first kappa shape index (κ1) is 12.4. The zero-order valence-corrected chi connectivity index (χ0v) is 11.0. The molecule has 17 heavy (non-hydrogen) atoms. The van der Waals surface area contributed by atoms with Gasteiger partial charge in [-0.15, -0.1) is 0 Å². The number of hydrogen-bond acceptors (Lipinski definition) is 2. The molecule has 2 N–H and O–H groups in total. The summed E-state index contributed by atoms with van der Waals surface area (Å²) in [4.78, 5) is 11.9. The van der Waals surface area contributed by atoms with Crippen molar-refractivity contribution in [1.82, 2.24) is 15.1 Å². The second kappa shape index (κ2) is 4.69. The van der Waals surface area contributed by atoms with Crippen LogP contribution in [0, 0.1) is 5.92 Å². The van der Waals surface area contributed by atoms with Crippen LogP contribution in [-0.4, -0.2) is 22.9 Å². The minimum absolute atomic E-state index is 0.0124. The van der Waals surface area contributed by atoms with Crippen molar-refractivity contribution in [2.45, 2.75) is 45.6 Å². The molecule has 1 aromatic heterocycles. The number of aromatic nitrogens is 2. The minimum Gasteiger partial charge on any atom is -0.317 e. The fourth-order valence-corrected chi connectivity index (χ4v) is 2.28. The SMILES string of the molecule is CC(C)(C)c1cc(=O)n(CC2CCNCC2)[nH]1. The van der Waals surface area contributed by atoms with Crippen LogP contribution in [0.3, 0.4) is 0 Å². The molecule has 1 aromatic rings. The summed E-state index contributed by atoms with van der Waals surface area (Å²) in [5.74, 6) is 0.625. The summed E-state index contributed by atoms with van der Waals surface area (Å²) in [6.07, 6.45) is 2.33. The van der Waals surface area contributed by atoms with Crippen LogP contribution in [-0.2, 0) is 12.0 Å². The predicted molar refractivity (Wildman–Crippen MR) is 69.3 cm³/mol. The molecule has 0 aromatic carbocycles. The van der Waals surface area contributed by atoms with Crippen molar-refractivity contribution in [3.63, 3.8) is 0 Å². The Hall–Kier alpha value is -1.03. The van der Waals surface area contributed by atoms with Gasteiger partial charge in [0.25, 0.3) is 5.56 Å². The van der Waals surface area contributed by atoms with Gasteiger partial charge in [0.05, 0.1) is 0 Å². The van der Waals surface area contributed by atoms with E-state index in [1.54, 1.807) is 10.7 Å². The molecule has 0 bridgehead atoms. The van der Waals surface area contributed by atoms with Gasteiger partial charge in [-0.1, -0.05) is 20.8 Å². The van der Waals surface area contributed by atoms with Gasteiger partial charge in [0.15, 0.2) is 0 Å². The van der Waals surface area contributed by atoms with E-state index >= 15 is 0 Å². The molecule has 0 radical (unpaired) electrons. The highest BCUT2D eigenvalue weighted by molar-refractivity contribution is 5.10. The van der Waals surface area contributed by atoms with Crippen molar-refractivity contribution in [1.29, 1.82) is 0 Å². The molecule has 1 aliphatic heterocycles. The number of nitrogens with one attached hydrogen (secondary N) is 2. The number of H-pyrrole nitrogens is 1. The van der Waals surface area contributed by atoms with Crippen molar-refractivity contribution in [2.75, 3.05) is 13.1 Å². The summed E-state index contributed by atoms with van der Waals surface area (Å²) >= 11 is 0. The second-order valence-electron chi connectivity index (χ2n) is 6.06. The predicted octanol–water partition coefficient (Wildman–Crippen LogP) is 1.47. The van der Waals surface area contributed by atoms with E-state index < -0.39 is 0 Å². The van der Waals surface area contributed by atoms with Gasteiger partial charge in [0.1, 0.15) is 0 Å². The van der Waals surface area contributed by atoms with Crippen LogP contribution in [0.15, 0.2) is 10.9 Å². The monoisotopic (exact) mass is 237 g/mol. The van der Waals surface area contributed by atoms with E-state index in [-0.39, 0.29) is 11.0 Å². The highest BCUT2D eigenvalue weighted by atomic mass is 16.1. The average Bonchev–Trinajstić information content (AvgIpc) is 2.62. The topological polar surface area (TPSA) is 49.8 Å². The molecule has 1 fully saturated rings. The minimum atomic E-state index is 0.0124. The van der Waals surface area contributed by atoms with Crippen molar-refractivity contribution < 1.29 is 0 Å². The molecule has 0 atom stereocenters. The maximum absolute atomic E-state index is 11.9. The van der Waals surface area contributed by atoms with Crippen LogP contribution in [0.25, 0.3) is 0 Å². The molecule has 96 valence electrons. The number of piperidine rings is 1. The van der Waals surface area contributed by atoms with Crippen LogP contribution in [0.1, 0.15) is 39.3 Å². The standard InChI is InChI=1S/C13H23N3O/c1-13(2,3)11-8-12(17)16(15-11)9-10-4-6-14-7-5-10/h8,10,14-15H,4-7,9H2,1-3H3. The highest BCUT2D eigenvalue weighted by Crippen LogP contribution is 2.19. The summed E-state index contributed by atoms with van der Waals surface area (Å²) in [5.41, 5.74) is 1.14. The lowest BCUT2D eigenvalue weighted by molar-refractivity contribution is 0.316. The first-order valence-corrected chi connectivity index (χ1v) is 6.48. The Bertz CT molecular complexity index is 419. The molecule has 0 amide bonds. The number of aromatic amines is 1. The normalized spacial score (nSPS) is 18.5. The van der Waals surface area contributed by atoms with E-state index in [1.807, 2.05) is 0 Å². The molecule has 1 aliphatic rings. The van der Waals surface area contributed by atoms with Crippen molar-refractivity contribution in [3.05, 3.63) is 22.1 Å². The van der Waals surface area contributed by atoms with E-state index in [0.717, 1.165) is 38.2 Å². The Labute approximate surface area is 102 Å². The third-order valence-electron chi connectivity index (χ3n) is 3.50. The summed E-state index contributed by atoms with van der Waals surface area (Å²) < 4.78 is 1.77. The summed E-state index contributed by atoms with van der Waals surface area (Å²) in [6.45, 7) is 9.34. The Morgan fingerprint density at radius 2 is 2.00 bits per heavy atom. The van der Waals surface area contributed by atoms with E-state index in [2.05, 4.69) is 31.2 Å². The Kier molecular flexibility index (Phi) is 3.43. The third-order valence-corrected chi connectivity index (χ3v) is 3.50. The number of nitrogens with zero attached hydrogens (tertiary/aromatic N) is 1. The first-order valence-electron chi connectivity index (χ1n) is 6.48. The fourth-order valence-electron chi connectivity index (χ4n) is 2.28. The molecule has 2 rings (SSSR count).